The molecule has 1 N–H and O–H groups in total. The lowest BCUT2D eigenvalue weighted by Crippen LogP contribution is -2.30. The zero-order valence-electron chi connectivity index (χ0n) is 13.0. The first-order valence-corrected chi connectivity index (χ1v) is 8.45. The van der Waals surface area contributed by atoms with Crippen LogP contribution in [-0.4, -0.2) is 20.0 Å². The Kier molecular flexibility index (Phi) is 5.27. The highest BCUT2D eigenvalue weighted by Crippen LogP contribution is 2.36. The Morgan fingerprint density at radius 3 is 2.38 bits per heavy atom. The number of hydrogen-bond donors (Lipinski definition) is 1. The average Bonchev–Trinajstić information content (AvgIpc) is 2.58. The van der Waals surface area contributed by atoms with Crippen LogP contribution in [0, 0.1) is 0 Å². The van der Waals surface area contributed by atoms with E-state index in [1.54, 1.807) is 36.4 Å². The lowest BCUT2D eigenvalue weighted by atomic mass is 9.99. The molecule has 0 radical (unpaired) electrons. The first-order chi connectivity index (χ1) is 12.4. The minimum atomic E-state index is -0.718. The molecule has 0 amide bonds. The number of aromatic nitrogens is 3. The van der Waals surface area contributed by atoms with Gasteiger partial charge >= 0.3 is 5.69 Å². The van der Waals surface area contributed by atoms with E-state index in [-0.39, 0.29) is 11.4 Å². The van der Waals surface area contributed by atoms with Crippen molar-refractivity contribution in [2.24, 2.45) is 0 Å². The van der Waals surface area contributed by atoms with Gasteiger partial charge in [-0.05, 0) is 40.9 Å². The number of aromatic amines is 1. The maximum Gasteiger partial charge on any atom is 0.349 e. The van der Waals surface area contributed by atoms with E-state index in [4.69, 9.17) is 34.8 Å². The molecule has 0 aliphatic rings. The Bertz CT molecular complexity index is 1100. The number of benzene rings is 2. The third kappa shape index (κ3) is 3.72. The molecule has 132 valence electrons. The number of rotatable bonds is 4. The standard InChI is InChI=1S/C17H10Cl3N3O3/c18-11-4-1-9(2-5-11)15-12(23-17(26)22-14(25)8-21-23)6-3-10(16(15)20)7-13(19)24/h1-6,8H,7H2,(H,22,25,26). The first-order valence-electron chi connectivity index (χ1n) is 7.31. The highest BCUT2D eigenvalue weighted by atomic mass is 35.5. The Balaban J connectivity index is 2.32. The van der Waals surface area contributed by atoms with Crippen molar-refractivity contribution >= 4 is 40.0 Å². The van der Waals surface area contributed by atoms with Gasteiger partial charge in [0.2, 0.25) is 5.24 Å². The summed E-state index contributed by atoms with van der Waals surface area (Å²) in [6, 6.07) is 9.93. The van der Waals surface area contributed by atoms with Gasteiger partial charge in [0.1, 0.15) is 6.20 Å². The molecule has 0 spiro atoms. The van der Waals surface area contributed by atoms with Gasteiger partial charge in [-0.15, -0.1) is 0 Å². The third-order valence-corrected chi connectivity index (χ3v) is 4.42. The number of nitrogens with one attached hydrogen (secondary N) is 1. The van der Waals surface area contributed by atoms with E-state index in [0.717, 1.165) is 10.9 Å². The van der Waals surface area contributed by atoms with Crippen LogP contribution in [-0.2, 0) is 11.2 Å². The van der Waals surface area contributed by atoms with E-state index in [9.17, 15) is 14.4 Å². The SMILES string of the molecule is O=C(Cl)Cc1ccc(-n2ncc(=O)[nH]c2=O)c(-c2ccc(Cl)cc2)c1Cl. The summed E-state index contributed by atoms with van der Waals surface area (Å²) in [6.45, 7) is 0. The number of carbonyl (C=O) groups excluding carboxylic acids is 1. The molecule has 26 heavy (non-hydrogen) atoms. The van der Waals surface area contributed by atoms with Gasteiger partial charge in [0.25, 0.3) is 5.56 Å². The lowest BCUT2D eigenvalue weighted by molar-refractivity contribution is -0.111. The Labute approximate surface area is 162 Å². The van der Waals surface area contributed by atoms with Crippen LogP contribution in [0.4, 0.5) is 0 Å². The zero-order chi connectivity index (χ0) is 18.8. The van der Waals surface area contributed by atoms with Crippen molar-refractivity contribution < 1.29 is 4.79 Å². The zero-order valence-corrected chi connectivity index (χ0v) is 15.3. The molecule has 9 heteroatoms. The number of carbonyl (C=O) groups is 1. The van der Waals surface area contributed by atoms with Gasteiger partial charge in [0.15, 0.2) is 0 Å². The number of H-pyrrole nitrogens is 1. The van der Waals surface area contributed by atoms with Gasteiger partial charge in [0, 0.05) is 17.0 Å². The van der Waals surface area contributed by atoms with Crippen LogP contribution in [0.5, 0.6) is 0 Å². The van der Waals surface area contributed by atoms with E-state index in [1.807, 2.05) is 0 Å². The lowest BCUT2D eigenvalue weighted by Gasteiger charge is -2.15. The predicted octanol–water partition coefficient (Wildman–Crippen LogP) is 3.20. The summed E-state index contributed by atoms with van der Waals surface area (Å²) in [7, 11) is 0. The van der Waals surface area contributed by atoms with E-state index >= 15 is 0 Å². The minimum absolute atomic E-state index is 0.0742. The highest BCUT2D eigenvalue weighted by Gasteiger charge is 2.18. The molecule has 1 heterocycles. The minimum Gasteiger partial charge on any atom is -0.281 e. The van der Waals surface area contributed by atoms with Gasteiger partial charge in [-0.1, -0.05) is 41.4 Å². The van der Waals surface area contributed by atoms with Crippen LogP contribution in [0.2, 0.25) is 10.0 Å². The van der Waals surface area contributed by atoms with Crippen molar-refractivity contribution in [2.75, 3.05) is 0 Å². The molecule has 0 saturated heterocycles. The van der Waals surface area contributed by atoms with Gasteiger partial charge in [-0.3, -0.25) is 14.6 Å². The van der Waals surface area contributed by atoms with Crippen molar-refractivity contribution in [2.45, 2.75) is 6.42 Å². The molecule has 3 rings (SSSR count). The molecule has 0 bridgehead atoms. The monoisotopic (exact) mass is 409 g/mol. The third-order valence-electron chi connectivity index (χ3n) is 3.60. The van der Waals surface area contributed by atoms with Crippen molar-refractivity contribution in [3.05, 3.63) is 79.0 Å². The van der Waals surface area contributed by atoms with Crippen molar-refractivity contribution in [1.82, 2.24) is 14.8 Å². The maximum atomic E-state index is 12.2. The average molecular weight is 411 g/mol. The summed E-state index contributed by atoms with van der Waals surface area (Å²) in [6.07, 6.45) is 0.909. The molecule has 1 aromatic heterocycles. The quantitative estimate of drug-likeness (QED) is 0.669. The van der Waals surface area contributed by atoms with Crippen LogP contribution in [0.1, 0.15) is 5.56 Å². The van der Waals surface area contributed by atoms with Crippen LogP contribution in [0.15, 0.2) is 52.2 Å². The topological polar surface area (TPSA) is 84.8 Å². The van der Waals surface area contributed by atoms with Crippen molar-refractivity contribution in [3.63, 3.8) is 0 Å². The summed E-state index contributed by atoms with van der Waals surface area (Å²) in [5, 5.41) is 4.07. The van der Waals surface area contributed by atoms with E-state index in [2.05, 4.69) is 10.1 Å². The smallest absolute Gasteiger partial charge is 0.281 e. The van der Waals surface area contributed by atoms with E-state index in [0.29, 0.717) is 27.4 Å². The van der Waals surface area contributed by atoms with Gasteiger partial charge in [-0.25, -0.2) is 4.79 Å². The van der Waals surface area contributed by atoms with Crippen LogP contribution in [0.3, 0.4) is 0 Å². The highest BCUT2D eigenvalue weighted by molar-refractivity contribution is 6.63. The molecular formula is C17H10Cl3N3O3. The number of halogens is 3. The van der Waals surface area contributed by atoms with E-state index in [1.165, 1.54) is 0 Å². The second-order valence-electron chi connectivity index (χ2n) is 5.32. The summed E-state index contributed by atoms with van der Waals surface area (Å²) in [4.78, 5) is 36.9. The fourth-order valence-corrected chi connectivity index (χ4v) is 3.09. The summed E-state index contributed by atoms with van der Waals surface area (Å²) >= 11 is 17.9. The molecule has 0 atom stereocenters. The second-order valence-corrected chi connectivity index (χ2v) is 6.56. The maximum absolute atomic E-state index is 12.2. The van der Waals surface area contributed by atoms with Gasteiger partial charge in [-0.2, -0.15) is 9.78 Å². The molecular weight excluding hydrogens is 401 g/mol. The first kappa shape index (κ1) is 18.4. The summed E-state index contributed by atoms with van der Waals surface area (Å²) in [5.74, 6) is 0. The van der Waals surface area contributed by atoms with Crippen LogP contribution in [0.25, 0.3) is 16.8 Å². The predicted molar refractivity (Wildman–Crippen MR) is 100 cm³/mol. The van der Waals surface area contributed by atoms with Gasteiger partial charge < -0.3 is 0 Å². The number of hydrogen-bond acceptors (Lipinski definition) is 4. The normalized spacial score (nSPS) is 10.7. The Hall–Kier alpha value is -2.41. The van der Waals surface area contributed by atoms with Crippen molar-refractivity contribution in [3.8, 4) is 16.8 Å². The molecule has 6 nitrogen and oxygen atoms in total. The largest absolute Gasteiger partial charge is 0.349 e. The summed E-state index contributed by atoms with van der Waals surface area (Å²) < 4.78 is 1.02. The fraction of sp³-hybridized carbons (Fsp3) is 0.0588. The molecule has 0 aliphatic heterocycles. The van der Waals surface area contributed by atoms with E-state index < -0.39 is 16.5 Å². The molecule has 0 saturated carbocycles. The second kappa shape index (κ2) is 7.45. The molecule has 3 aromatic rings. The fourth-order valence-electron chi connectivity index (χ4n) is 2.49. The Morgan fingerprint density at radius 2 is 1.77 bits per heavy atom. The van der Waals surface area contributed by atoms with Crippen molar-refractivity contribution in [1.29, 1.82) is 0 Å². The molecule has 2 aromatic carbocycles. The van der Waals surface area contributed by atoms with Crippen LogP contribution >= 0.6 is 34.8 Å². The number of nitrogens with zero attached hydrogens (tertiary/aromatic N) is 2. The summed E-state index contributed by atoms with van der Waals surface area (Å²) in [5.41, 5.74) is 0.612. The Morgan fingerprint density at radius 1 is 1.08 bits per heavy atom. The molecule has 0 fully saturated rings. The van der Waals surface area contributed by atoms with Gasteiger partial charge in [0.05, 0.1) is 10.7 Å². The van der Waals surface area contributed by atoms with Crippen LogP contribution < -0.4 is 11.2 Å². The molecule has 0 unspecified atom stereocenters. The molecule has 0 aliphatic carbocycles.